The van der Waals surface area contributed by atoms with Gasteiger partial charge in [0.25, 0.3) is 5.91 Å². The van der Waals surface area contributed by atoms with Crippen molar-refractivity contribution in [1.29, 1.82) is 5.41 Å². The van der Waals surface area contributed by atoms with Gasteiger partial charge in [0.1, 0.15) is 5.82 Å². The number of aromatic nitrogens is 2. The van der Waals surface area contributed by atoms with Gasteiger partial charge >= 0.3 is 0 Å². The molecule has 3 aromatic rings. The molecule has 2 aromatic heterocycles. The van der Waals surface area contributed by atoms with Gasteiger partial charge in [0.15, 0.2) is 5.70 Å². The number of benzene rings is 1. The molecular weight excluding hydrogens is 498 g/mol. The predicted octanol–water partition coefficient (Wildman–Crippen LogP) is 5.05. The van der Waals surface area contributed by atoms with Crippen molar-refractivity contribution in [2.75, 3.05) is 11.1 Å². The van der Waals surface area contributed by atoms with Gasteiger partial charge < -0.3 is 27.2 Å². The van der Waals surface area contributed by atoms with Crippen molar-refractivity contribution in [2.24, 2.45) is 10.7 Å². The van der Waals surface area contributed by atoms with Crippen LogP contribution in [0.2, 0.25) is 0 Å². The highest BCUT2D eigenvalue weighted by atomic mass is 16.1. The average Bonchev–Trinajstić information content (AvgIpc) is 3.33. The number of nitrogens with zero attached hydrogens (tertiary/aromatic N) is 2. The van der Waals surface area contributed by atoms with Gasteiger partial charge in [-0.3, -0.25) is 4.79 Å². The molecule has 0 fully saturated rings. The molecule has 0 bridgehead atoms. The average molecular weight is 538 g/mol. The molecule has 0 spiro atoms. The second-order valence-corrected chi connectivity index (χ2v) is 9.57. The summed E-state index contributed by atoms with van der Waals surface area (Å²) < 4.78 is 0. The molecule has 0 unspecified atom stereocenters. The molecule has 40 heavy (non-hydrogen) atoms. The van der Waals surface area contributed by atoms with Gasteiger partial charge in [-0.05, 0) is 77.0 Å². The number of nitrogens with one attached hydrogen (secondary N) is 3. The highest BCUT2D eigenvalue weighted by Crippen LogP contribution is 2.20. The van der Waals surface area contributed by atoms with Crippen molar-refractivity contribution >= 4 is 51.5 Å². The second-order valence-electron chi connectivity index (χ2n) is 9.57. The summed E-state index contributed by atoms with van der Waals surface area (Å²) in [5, 5.41) is 13.4. The summed E-state index contributed by atoms with van der Waals surface area (Å²) in [5.41, 5.74) is 18.5. The summed E-state index contributed by atoms with van der Waals surface area (Å²) in [5.74, 6) is -0.0694. The topological polar surface area (TPSA) is 146 Å². The monoisotopic (exact) mass is 537 g/mol. The quantitative estimate of drug-likeness (QED) is 0.140. The maximum Gasteiger partial charge on any atom is 0.269 e. The Kier molecular flexibility index (Phi) is 9.97. The van der Waals surface area contributed by atoms with E-state index < -0.39 is 5.91 Å². The largest absolute Gasteiger partial charge is 0.398 e. The van der Waals surface area contributed by atoms with Crippen molar-refractivity contribution in [3.05, 3.63) is 87.7 Å². The second kappa shape index (κ2) is 13.4. The van der Waals surface area contributed by atoms with Crippen LogP contribution in [-0.2, 0) is 4.79 Å². The van der Waals surface area contributed by atoms with E-state index in [4.69, 9.17) is 21.9 Å². The molecule has 8 heteroatoms. The molecule has 2 heterocycles. The van der Waals surface area contributed by atoms with Crippen LogP contribution in [0.1, 0.15) is 65.5 Å². The molecule has 208 valence electrons. The number of pyridine rings is 1. The van der Waals surface area contributed by atoms with Crippen molar-refractivity contribution in [3.63, 3.8) is 0 Å². The van der Waals surface area contributed by atoms with Crippen molar-refractivity contribution in [3.8, 4) is 0 Å². The zero-order chi connectivity index (χ0) is 29.4. The SMILES string of the molecule is C\C=C/C(=C\C=C(/C)CC)Nc1ncccc1C(C)=N/C(C(N)=O)=c1/[nH]c2ccc(N)c(C=N)c2/c1=C(/C)CC. The molecule has 0 aliphatic carbocycles. The fraction of sp³-hybridized carbons (Fsp3) is 0.250. The number of allylic oxidation sites excluding steroid dienone is 5. The summed E-state index contributed by atoms with van der Waals surface area (Å²) in [7, 11) is 0. The zero-order valence-electron chi connectivity index (χ0n) is 24.1. The first-order valence-electron chi connectivity index (χ1n) is 13.4. The predicted molar refractivity (Wildman–Crippen MR) is 169 cm³/mol. The smallest absolute Gasteiger partial charge is 0.269 e. The number of hydrogen-bond acceptors (Lipinski definition) is 6. The van der Waals surface area contributed by atoms with Gasteiger partial charge in [-0.1, -0.05) is 37.1 Å². The Balaban J connectivity index is 2.32. The van der Waals surface area contributed by atoms with E-state index in [2.05, 4.69) is 35.2 Å². The number of carbonyl (C=O) groups excluding carboxylic acids is 1. The zero-order valence-corrected chi connectivity index (χ0v) is 24.1. The van der Waals surface area contributed by atoms with E-state index in [-0.39, 0.29) is 5.70 Å². The normalized spacial score (nSPS) is 14.5. The number of hydrogen-bond donors (Lipinski definition) is 5. The van der Waals surface area contributed by atoms with E-state index in [9.17, 15) is 4.79 Å². The van der Waals surface area contributed by atoms with Crippen LogP contribution >= 0.6 is 0 Å². The Bertz CT molecular complexity index is 1680. The summed E-state index contributed by atoms with van der Waals surface area (Å²) in [6.45, 7) is 12.0. The number of aromatic amines is 1. The van der Waals surface area contributed by atoms with Crippen LogP contribution in [0.25, 0.3) is 22.2 Å². The number of primary amides is 1. The number of carbonyl (C=O) groups is 1. The van der Waals surface area contributed by atoms with Crippen LogP contribution < -0.4 is 27.4 Å². The molecule has 0 radical (unpaired) electrons. The minimum absolute atomic E-state index is 0.0894. The molecule has 0 aliphatic heterocycles. The minimum atomic E-state index is -0.673. The Labute approximate surface area is 235 Å². The third-order valence-electron chi connectivity index (χ3n) is 6.80. The van der Waals surface area contributed by atoms with Crippen molar-refractivity contribution in [1.82, 2.24) is 9.97 Å². The molecule has 1 aromatic carbocycles. The molecule has 0 saturated heterocycles. The summed E-state index contributed by atoms with van der Waals surface area (Å²) in [6, 6.07) is 7.31. The lowest BCUT2D eigenvalue weighted by molar-refractivity contribution is -0.113. The van der Waals surface area contributed by atoms with E-state index in [0.717, 1.165) is 45.8 Å². The third kappa shape index (κ3) is 6.46. The molecule has 3 rings (SSSR count). The number of aliphatic imine (C=N–C) groups is 1. The first-order valence-corrected chi connectivity index (χ1v) is 13.4. The van der Waals surface area contributed by atoms with Crippen LogP contribution in [0, 0.1) is 5.41 Å². The maximum absolute atomic E-state index is 12.9. The Morgan fingerprint density at radius 1 is 1.15 bits per heavy atom. The molecule has 1 amide bonds. The number of rotatable bonds is 10. The van der Waals surface area contributed by atoms with Gasteiger partial charge in [-0.25, -0.2) is 9.98 Å². The van der Waals surface area contributed by atoms with Crippen LogP contribution in [0.5, 0.6) is 0 Å². The lowest BCUT2D eigenvalue weighted by Gasteiger charge is -2.12. The molecule has 8 nitrogen and oxygen atoms in total. The maximum atomic E-state index is 12.9. The number of amides is 1. The molecular formula is C32H39N7O. The minimum Gasteiger partial charge on any atom is -0.398 e. The molecule has 0 aliphatic rings. The number of H-pyrrole nitrogens is 1. The molecule has 7 N–H and O–H groups in total. The van der Waals surface area contributed by atoms with Crippen LogP contribution in [0.3, 0.4) is 0 Å². The van der Waals surface area contributed by atoms with E-state index in [1.165, 1.54) is 11.8 Å². The summed E-state index contributed by atoms with van der Waals surface area (Å²) >= 11 is 0. The number of nitrogen functional groups attached to an aromatic ring is 1. The fourth-order valence-corrected chi connectivity index (χ4v) is 4.33. The van der Waals surface area contributed by atoms with Gasteiger partial charge in [0.05, 0.1) is 5.35 Å². The Hall–Kier alpha value is -4.72. The first-order chi connectivity index (χ1) is 19.2. The summed E-state index contributed by atoms with van der Waals surface area (Å²) in [6.07, 6.45) is 12.6. The van der Waals surface area contributed by atoms with E-state index in [1.54, 1.807) is 12.3 Å². The van der Waals surface area contributed by atoms with E-state index in [0.29, 0.717) is 28.1 Å². The Morgan fingerprint density at radius 3 is 2.52 bits per heavy atom. The lowest BCUT2D eigenvalue weighted by Crippen LogP contribution is -2.32. The highest BCUT2D eigenvalue weighted by Gasteiger charge is 2.16. The van der Waals surface area contributed by atoms with Crippen molar-refractivity contribution in [2.45, 2.75) is 54.4 Å². The van der Waals surface area contributed by atoms with E-state index >= 15 is 0 Å². The number of fused-ring (bicyclic) bond motifs is 1. The van der Waals surface area contributed by atoms with Gasteiger partial charge in [0, 0.05) is 56.8 Å². The highest BCUT2D eigenvalue weighted by molar-refractivity contribution is 6.17. The lowest BCUT2D eigenvalue weighted by atomic mass is 10.0. The van der Waals surface area contributed by atoms with Crippen LogP contribution in [0.4, 0.5) is 11.5 Å². The van der Waals surface area contributed by atoms with Gasteiger partial charge in [-0.2, -0.15) is 0 Å². The molecule has 0 atom stereocenters. The van der Waals surface area contributed by atoms with Gasteiger partial charge in [-0.15, -0.1) is 0 Å². The third-order valence-corrected chi connectivity index (χ3v) is 6.80. The standard InChI is InChI=1S/C32H39N7O/c1-7-11-22(14-13-19(4)8-2)38-32-23(12-10-17-36-32)21(6)37-30(31(35)40)29-27(20(5)9-3)28-24(18-33)25(34)15-16-26(28)39-29/h7,10-18,33,39H,8-9,34H2,1-6H3,(H2,35,40)(H,36,38)/b11-7-,19-13+,22-14+,27-20+,30-29+,33-18?,37-21?. The first kappa shape index (κ1) is 29.8. The van der Waals surface area contributed by atoms with Gasteiger partial charge in [0.2, 0.25) is 0 Å². The van der Waals surface area contributed by atoms with Crippen LogP contribution in [0.15, 0.2) is 71.0 Å². The fourth-order valence-electron chi connectivity index (χ4n) is 4.33. The number of nitrogens with two attached hydrogens (primary N) is 2. The Morgan fingerprint density at radius 2 is 1.90 bits per heavy atom. The van der Waals surface area contributed by atoms with Crippen LogP contribution in [-0.4, -0.2) is 27.8 Å². The van der Waals surface area contributed by atoms with E-state index in [1.807, 2.05) is 64.1 Å². The van der Waals surface area contributed by atoms with Crippen molar-refractivity contribution < 1.29 is 4.79 Å². The summed E-state index contributed by atoms with van der Waals surface area (Å²) in [4.78, 5) is 25.5. The number of anilines is 2. The molecule has 0 saturated carbocycles.